The van der Waals surface area contributed by atoms with Gasteiger partial charge in [0.25, 0.3) is 0 Å². The van der Waals surface area contributed by atoms with Crippen LogP contribution in [0.2, 0.25) is 0 Å². The van der Waals surface area contributed by atoms with Crippen molar-refractivity contribution in [2.24, 2.45) is 0 Å². The van der Waals surface area contributed by atoms with Crippen molar-refractivity contribution in [3.63, 3.8) is 0 Å². The molecule has 2 atom stereocenters. The maximum atomic E-state index is 12.5. The van der Waals surface area contributed by atoms with E-state index in [0.717, 1.165) is 70.6 Å². The highest BCUT2D eigenvalue weighted by molar-refractivity contribution is 5.76. The van der Waals surface area contributed by atoms with Crippen molar-refractivity contribution in [1.82, 2.24) is 5.32 Å². The number of carbonyl (C=O) groups excluding carboxylic acids is 2. The molecule has 6 nitrogen and oxygen atoms in total. The fourth-order valence-corrected chi connectivity index (χ4v) is 8.46. The van der Waals surface area contributed by atoms with E-state index in [2.05, 4.69) is 43.5 Å². The maximum absolute atomic E-state index is 12.5. The Bertz CT molecular complexity index is 966. The van der Waals surface area contributed by atoms with Crippen LogP contribution in [0, 0.1) is 0 Å². The molecule has 0 heterocycles. The molecule has 0 aromatic heterocycles. The Labute approximate surface area is 386 Å². The van der Waals surface area contributed by atoms with Crippen LogP contribution in [0.15, 0.2) is 24.3 Å². The fourth-order valence-electron chi connectivity index (χ4n) is 8.46. The zero-order valence-corrected chi connectivity index (χ0v) is 41.6. The second-order valence-corrected chi connectivity index (χ2v) is 18.9. The van der Waals surface area contributed by atoms with E-state index in [1.54, 1.807) is 0 Å². The quantitative estimate of drug-likeness (QED) is 0.0321. The zero-order valence-electron chi connectivity index (χ0n) is 41.6. The summed E-state index contributed by atoms with van der Waals surface area (Å²) in [7, 11) is 0. The van der Waals surface area contributed by atoms with Gasteiger partial charge in [0.1, 0.15) is 0 Å². The number of aliphatic hydroxyl groups is 2. The summed E-state index contributed by atoms with van der Waals surface area (Å²) in [5.74, 6) is -0.132. The lowest BCUT2D eigenvalue weighted by atomic mass is 10.0. The van der Waals surface area contributed by atoms with Crippen molar-refractivity contribution in [3.8, 4) is 0 Å². The third-order valence-corrected chi connectivity index (χ3v) is 12.7. The number of aliphatic hydroxyl groups excluding tert-OH is 2. The molecular formula is C56H107NO5. The van der Waals surface area contributed by atoms with Crippen molar-refractivity contribution in [1.29, 1.82) is 0 Å². The molecule has 0 saturated heterocycles. The summed E-state index contributed by atoms with van der Waals surface area (Å²) < 4.78 is 5.45. The molecule has 366 valence electrons. The first kappa shape index (κ1) is 60.3. The molecule has 3 N–H and O–H groups in total. The van der Waals surface area contributed by atoms with Gasteiger partial charge in [-0.3, -0.25) is 9.59 Å². The van der Waals surface area contributed by atoms with Crippen molar-refractivity contribution in [2.75, 3.05) is 13.2 Å². The Morgan fingerprint density at radius 3 is 1.18 bits per heavy atom. The number of rotatable bonds is 51. The average Bonchev–Trinajstić information content (AvgIpc) is 3.27. The van der Waals surface area contributed by atoms with E-state index < -0.39 is 12.1 Å². The Morgan fingerprint density at radius 1 is 0.435 bits per heavy atom. The number of ether oxygens (including phenoxy) is 1. The fraction of sp³-hybridized carbons (Fsp3) is 0.893. The number of hydrogen-bond acceptors (Lipinski definition) is 5. The van der Waals surface area contributed by atoms with Crippen molar-refractivity contribution < 1.29 is 24.5 Å². The predicted octanol–water partition coefficient (Wildman–Crippen LogP) is 16.7. The van der Waals surface area contributed by atoms with Gasteiger partial charge in [-0.25, -0.2) is 0 Å². The lowest BCUT2D eigenvalue weighted by molar-refractivity contribution is -0.143. The Morgan fingerprint density at radius 2 is 0.774 bits per heavy atom. The summed E-state index contributed by atoms with van der Waals surface area (Å²) in [6.07, 6.45) is 61.6. The number of hydrogen-bond donors (Lipinski definition) is 3. The van der Waals surface area contributed by atoms with Gasteiger partial charge in [0.15, 0.2) is 0 Å². The normalized spacial score (nSPS) is 12.8. The Balaban J connectivity index is 3.52. The smallest absolute Gasteiger partial charge is 0.305 e. The van der Waals surface area contributed by atoms with E-state index in [1.807, 2.05) is 0 Å². The largest absolute Gasteiger partial charge is 0.466 e. The Kier molecular flexibility index (Phi) is 50.6. The molecule has 6 heteroatoms. The topological polar surface area (TPSA) is 95.9 Å². The SMILES string of the molecule is CCCCCCCC/C=C\CCCCCCCCCC(=O)OCCCCCC/C=C\CCCC(=O)NC(CO)C(O)CCCCCCCCCCCCCCCCCCCCC. The minimum Gasteiger partial charge on any atom is -0.466 e. The molecule has 0 aliphatic rings. The summed E-state index contributed by atoms with van der Waals surface area (Å²) in [5.41, 5.74) is 0. The van der Waals surface area contributed by atoms with Crippen LogP contribution >= 0.6 is 0 Å². The molecule has 0 aliphatic heterocycles. The van der Waals surface area contributed by atoms with Gasteiger partial charge in [0.05, 0.1) is 25.4 Å². The molecule has 0 rings (SSSR count). The predicted molar refractivity (Wildman–Crippen MR) is 269 cm³/mol. The molecule has 0 fully saturated rings. The molecule has 0 bridgehead atoms. The van der Waals surface area contributed by atoms with Gasteiger partial charge in [0, 0.05) is 12.8 Å². The molecule has 62 heavy (non-hydrogen) atoms. The number of carbonyl (C=O) groups is 2. The number of nitrogens with one attached hydrogen (secondary N) is 1. The summed E-state index contributed by atoms with van der Waals surface area (Å²) in [6.45, 7) is 4.87. The van der Waals surface area contributed by atoms with Gasteiger partial charge < -0.3 is 20.3 Å². The first-order chi connectivity index (χ1) is 30.5. The lowest BCUT2D eigenvalue weighted by Crippen LogP contribution is -2.45. The molecular weight excluding hydrogens is 767 g/mol. The van der Waals surface area contributed by atoms with Crippen LogP contribution in [0.25, 0.3) is 0 Å². The van der Waals surface area contributed by atoms with E-state index in [0.29, 0.717) is 25.9 Å². The van der Waals surface area contributed by atoms with Crippen molar-refractivity contribution >= 4 is 11.9 Å². The number of unbranched alkanes of at least 4 members (excludes halogenated alkanes) is 36. The third-order valence-electron chi connectivity index (χ3n) is 12.7. The van der Waals surface area contributed by atoms with E-state index in [4.69, 9.17) is 4.74 Å². The summed E-state index contributed by atoms with van der Waals surface area (Å²) >= 11 is 0. The number of esters is 1. The highest BCUT2D eigenvalue weighted by Crippen LogP contribution is 2.17. The first-order valence-corrected chi connectivity index (χ1v) is 27.6. The summed E-state index contributed by atoms with van der Waals surface area (Å²) in [4.78, 5) is 24.5. The molecule has 1 amide bonds. The highest BCUT2D eigenvalue weighted by atomic mass is 16.5. The number of amides is 1. The second-order valence-electron chi connectivity index (χ2n) is 18.9. The molecule has 0 aromatic rings. The number of allylic oxidation sites excluding steroid dienone is 4. The van der Waals surface area contributed by atoms with E-state index in [1.165, 1.54) is 193 Å². The van der Waals surface area contributed by atoms with Crippen LogP contribution in [-0.4, -0.2) is 47.4 Å². The molecule has 2 unspecified atom stereocenters. The Hall–Kier alpha value is -1.66. The zero-order chi connectivity index (χ0) is 45.1. The van der Waals surface area contributed by atoms with Crippen LogP contribution in [0.1, 0.15) is 296 Å². The van der Waals surface area contributed by atoms with Gasteiger partial charge in [-0.2, -0.15) is 0 Å². The van der Waals surface area contributed by atoms with Gasteiger partial charge in [-0.15, -0.1) is 0 Å². The molecule has 0 radical (unpaired) electrons. The van der Waals surface area contributed by atoms with Gasteiger partial charge >= 0.3 is 5.97 Å². The van der Waals surface area contributed by atoms with E-state index in [-0.39, 0.29) is 18.5 Å². The lowest BCUT2D eigenvalue weighted by Gasteiger charge is -2.22. The minimum absolute atomic E-state index is 0.0385. The van der Waals surface area contributed by atoms with Crippen LogP contribution in [0.5, 0.6) is 0 Å². The summed E-state index contributed by atoms with van der Waals surface area (Å²) in [5, 5.41) is 23.2. The van der Waals surface area contributed by atoms with E-state index in [9.17, 15) is 19.8 Å². The van der Waals surface area contributed by atoms with Gasteiger partial charge in [0.2, 0.25) is 5.91 Å². The van der Waals surface area contributed by atoms with Crippen LogP contribution in [0.3, 0.4) is 0 Å². The summed E-state index contributed by atoms with van der Waals surface area (Å²) in [6, 6.07) is -0.580. The average molecular weight is 874 g/mol. The molecule has 0 saturated carbocycles. The molecule has 0 spiro atoms. The van der Waals surface area contributed by atoms with Crippen LogP contribution in [0.4, 0.5) is 0 Å². The monoisotopic (exact) mass is 874 g/mol. The van der Waals surface area contributed by atoms with Crippen molar-refractivity contribution in [3.05, 3.63) is 24.3 Å². The third kappa shape index (κ3) is 47.8. The molecule has 0 aromatic carbocycles. The maximum Gasteiger partial charge on any atom is 0.305 e. The van der Waals surface area contributed by atoms with E-state index >= 15 is 0 Å². The van der Waals surface area contributed by atoms with Crippen LogP contribution < -0.4 is 5.32 Å². The van der Waals surface area contributed by atoms with Gasteiger partial charge in [-0.1, -0.05) is 237 Å². The molecule has 0 aliphatic carbocycles. The second kappa shape index (κ2) is 52.0. The highest BCUT2D eigenvalue weighted by Gasteiger charge is 2.20. The van der Waals surface area contributed by atoms with Crippen LogP contribution in [-0.2, 0) is 14.3 Å². The first-order valence-electron chi connectivity index (χ1n) is 27.6. The van der Waals surface area contributed by atoms with Crippen molar-refractivity contribution in [2.45, 2.75) is 309 Å². The standard InChI is InChI=1S/C56H107NO5/c1-3-5-7-9-11-13-15-17-19-21-22-24-25-27-29-32-36-40-44-48-54(59)53(52-58)57-55(60)49-45-41-37-33-31-35-39-43-47-51-62-56(61)50-46-42-38-34-30-28-26-23-20-18-16-14-12-10-8-6-4-2/h18,20,33,37,53-54,58-59H,3-17,19,21-32,34-36,38-52H2,1-2H3,(H,57,60)/b20-18-,37-33-. The van der Waals surface area contributed by atoms with Gasteiger partial charge in [-0.05, 0) is 70.6 Å². The minimum atomic E-state index is -0.696.